The second-order valence-electron chi connectivity index (χ2n) is 7.20. The molecule has 1 saturated heterocycles. The topological polar surface area (TPSA) is 44.3 Å². The molecule has 134 valence electrons. The predicted molar refractivity (Wildman–Crippen MR) is 105 cm³/mol. The molecule has 5 heteroatoms. The van der Waals surface area contributed by atoms with Crippen molar-refractivity contribution in [2.45, 2.75) is 19.8 Å². The van der Waals surface area contributed by atoms with Crippen molar-refractivity contribution >= 4 is 11.6 Å². The summed E-state index contributed by atoms with van der Waals surface area (Å²) in [6, 6.07) is 12.3. The maximum Gasteiger partial charge on any atom is 0.163 e. The Bertz CT molecular complexity index is 663. The fraction of sp³-hybridized carbons (Fsp3) is 0.500. The number of piperidine rings is 1. The Hall–Kier alpha value is -2.14. The summed E-state index contributed by atoms with van der Waals surface area (Å²) in [4.78, 5) is 14.2. The zero-order valence-corrected chi connectivity index (χ0v) is 15.6. The number of benzene rings is 1. The lowest BCUT2D eigenvalue weighted by Crippen LogP contribution is -2.33. The summed E-state index contributed by atoms with van der Waals surface area (Å²) in [5, 5.41) is 3.45. The third-order valence-electron chi connectivity index (χ3n) is 4.72. The van der Waals surface area contributed by atoms with Gasteiger partial charge in [0.2, 0.25) is 0 Å². The van der Waals surface area contributed by atoms with E-state index in [9.17, 15) is 0 Å². The highest BCUT2D eigenvalue weighted by Crippen LogP contribution is 2.26. The largest absolute Gasteiger partial charge is 0.369 e. The molecule has 1 aliphatic rings. The Kier molecular flexibility index (Phi) is 5.87. The zero-order valence-electron chi connectivity index (χ0n) is 15.6. The van der Waals surface area contributed by atoms with Crippen LogP contribution >= 0.6 is 0 Å². The quantitative estimate of drug-likeness (QED) is 0.874. The van der Waals surface area contributed by atoms with Gasteiger partial charge in [0.1, 0.15) is 11.6 Å². The molecule has 0 saturated carbocycles. The number of aromatic nitrogens is 2. The molecule has 25 heavy (non-hydrogen) atoms. The van der Waals surface area contributed by atoms with Crippen molar-refractivity contribution in [3.63, 3.8) is 0 Å². The lowest BCUT2D eigenvalue weighted by molar-refractivity contribution is 0.425. The van der Waals surface area contributed by atoms with Gasteiger partial charge in [0.25, 0.3) is 0 Å². The highest BCUT2D eigenvalue weighted by molar-refractivity contribution is 5.61. The van der Waals surface area contributed by atoms with Crippen molar-refractivity contribution in [1.29, 1.82) is 0 Å². The average Bonchev–Trinajstić information content (AvgIpc) is 2.62. The Balaban J connectivity index is 1.85. The fourth-order valence-corrected chi connectivity index (χ4v) is 3.05. The monoisotopic (exact) mass is 339 g/mol. The van der Waals surface area contributed by atoms with Crippen LogP contribution in [0.15, 0.2) is 36.4 Å². The minimum Gasteiger partial charge on any atom is -0.369 e. The van der Waals surface area contributed by atoms with E-state index >= 15 is 0 Å². The third-order valence-corrected chi connectivity index (χ3v) is 4.72. The van der Waals surface area contributed by atoms with Gasteiger partial charge in [-0.25, -0.2) is 9.97 Å². The van der Waals surface area contributed by atoms with Gasteiger partial charge in [-0.2, -0.15) is 0 Å². The van der Waals surface area contributed by atoms with Crippen LogP contribution in [0.1, 0.15) is 19.8 Å². The molecule has 1 fully saturated rings. The summed E-state index contributed by atoms with van der Waals surface area (Å²) in [6.45, 7) is 6.32. The molecule has 1 aromatic heterocycles. The SMILES string of the molecule is CC1CCN(c2cc(NCCN(C)C)nc(-c3ccccc3)n2)CC1. The molecule has 1 aromatic carbocycles. The smallest absolute Gasteiger partial charge is 0.163 e. The van der Waals surface area contributed by atoms with E-state index in [1.807, 2.05) is 18.2 Å². The minimum absolute atomic E-state index is 0.795. The van der Waals surface area contributed by atoms with E-state index in [1.54, 1.807) is 0 Å². The number of nitrogens with zero attached hydrogens (tertiary/aromatic N) is 4. The molecule has 5 nitrogen and oxygen atoms in total. The van der Waals surface area contributed by atoms with Crippen molar-refractivity contribution in [3.05, 3.63) is 36.4 Å². The van der Waals surface area contributed by atoms with Crippen molar-refractivity contribution < 1.29 is 0 Å². The van der Waals surface area contributed by atoms with Crippen LogP contribution < -0.4 is 10.2 Å². The molecule has 0 amide bonds. The first-order valence-electron chi connectivity index (χ1n) is 9.20. The van der Waals surface area contributed by atoms with E-state index in [2.05, 4.69) is 54.3 Å². The summed E-state index contributed by atoms with van der Waals surface area (Å²) < 4.78 is 0. The van der Waals surface area contributed by atoms with Gasteiger partial charge >= 0.3 is 0 Å². The maximum absolute atomic E-state index is 4.86. The normalized spacial score (nSPS) is 15.6. The van der Waals surface area contributed by atoms with Crippen LogP contribution in [0, 0.1) is 5.92 Å². The van der Waals surface area contributed by atoms with E-state index in [4.69, 9.17) is 9.97 Å². The lowest BCUT2D eigenvalue weighted by atomic mass is 9.99. The molecule has 0 atom stereocenters. The van der Waals surface area contributed by atoms with E-state index < -0.39 is 0 Å². The maximum atomic E-state index is 4.86. The Morgan fingerprint density at radius 1 is 1.12 bits per heavy atom. The van der Waals surface area contributed by atoms with Crippen LogP contribution in [0.5, 0.6) is 0 Å². The number of nitrogens with one attached hydrogen (secondary N) is 1. The summed E-state index contributed by atoms with van der Waals surface area (Å²) in [6.07, 6.45) is 2.46. The Labute approximate surface area is 151 Å². The lowest BCUT2D eigenvalue weighted by Gasteiger charge is -2.31. The molecule has 0 radical (unpaired) electrons. The molecule has 0 unspecified atom stereocenters. The van der Waals surface area contributed by atoms with Crippen LogP contribution in [0.3, 0.4) is 0 Å². The first-order valence-corrected chi connectivity index (χ1v) is 9.20. The van der Waals surface area contributed by atoms with Crippen LogP contribution in [0.2, 0.25) is 0 Å². The average molecular weight is 339 g/mol. The third kappa shape index (κ3) is 4.92. The minimum atomic E-state index is 0.795. The van der Waals surface area contributed by atoms with Crippen molar-refractivity contribution in [3.8, 4) is 11.4 Å². The van der Waals surface area contributed by atoms with E-state index in [0.29, 0.717) is 0 Å². The number of likely N-dealkylation sites (N-methyl/N-ethyl adjacent to an activating group) is 1. The van der Waals surface area contributed by atoms with Gasteiger partial charge in [-0.05, 0) is 32.9 Å². The predicted octanol–water partition coefficient (Wildman–Crippen LogP) is 3.35. The van der Waals surface area contributed by atoms with Crippen LogP contribution in [0.25, 0.3) is 11.4 Å². The zero-order chi connectivity index (χ0) is 17.6. The number of hydrogen-bond acceptors (Lipinski definition) is 5. The number of rotatable bonds is 6. The highest BCUT2D eigenvalue weighted by atomic mass is 15.2. The molecule has 1 aliphatic heterocycles. The molecular weight excluding hydrogens is 310 g/mol. The first kappa shape index (κ1) is 17.7. The summed E-state index contributed by atoms with van der Waals surface area (Å²) in [5.74, 6) is 3.55. The Morgan fingerprint density at radius 3 is 2.52 bits per heavy atom. The summed E-state index contributed by atoms with van der Waals surface area (Å²) in [5.41, 5.74) is 1.06. The van der Waals surface area contributed by atoms with Crippen molar-refractivity contribution in [2.75, 3.05) is 50.5 Å². The van der Waals surface area contributed by atoms with Crippen LogP contribution in [0.4, 0.5) is 11.6 Å². The van der Waals surface area contributed by atoms with Crippen molar-refractivity contribution in [2.24, 2.45) is 5.92 Å². The van der Waals surface area contributed by atoms with Gasteiger partial charge in [0.05, 0.1) is 0 Å². The molecule has 0 bridgehead atoms. The molecule has 2 heterocycles. The fourth-order valence-electron chi connectivity index (χ4n) is 3.05. The van der Waals surface area contributed by atoms with Gasteiger partial charge in [-0.1, -0.05) is 37.3 Å². The van der Waals surface area contributed by atoms with E-state index in [0.717, 1.165) is 55.1 Å². The van der Waals surface area contributed by atoms with Gasteiger partial charge in [0, 0.05) is 37.8 Å². The van der Waals surface area contributed by atoms with Crippen LogP contribution in [-0.2, 0) is 0 Å². The van der Waals surface area contributed by atoms with Gasteiger partial charge < -0.3 is 15.1 Å². The van der Waals surface area contributed by atoms with Gasteiger partial charge in [0.15, 0.2) is 5.82 Å². The van der Waals surface area contributed by atoms with Crippen molar-refractivity contribution in [1.82, 2.24) is 14.9 Å². The molecular formula is C20H29N5. The van der Waals surface area contributed by atoms with Crippen LogP contribution in [-0.4, -0.2) is 55.1 Å². The highest BCUT2D eigenvalue weighted by Gasteiger charge is 2.18. The summed E-state index contributed by atoms with van der Waals surface area (Å²) in [7, 11) is 4.16. The number of hydrogen-bond donors (Lipinski definition) is 1. The van der Waals surface area contributed by atoms with E-state index in [1.165, 1.54) is 12.8 Å². The number of anilines is 2. The standard InChI is InChI=1S/C20H29N5/c1-16-9-12-25(13-10-16)19-15-18(21-11-14-24(2)3)22-20(23-19)17-7-5-4-6-8-17/h4-8,15-16H,9-14H2,1-3H3,(H,21,22,23). The molecule has 0 spiro atoms. The van der Waals surface area contributed by atoms with E-state index in [-0.39, 0.29) is 0 Å². The first-order chi connectivity index (χ1) is 12.1. The molecule has 0 aliphatic carbocycles. The Morgan fingerprint density at radius 2 is 1.84 bits per heavy atom. The summed E-state index contributed by atoms with van der Waals surface area (Å²) >= 11 is 0. The van der Waals surface area contributed by atoms with Gasteiger partial charge in [-0.15, -0.1) is 0 Å². The molecule has 2 aromatic rings. The second-order valence-corrected chi connectivity index (χ2v) is 7.20. The molecule has 1 N–H and O–H groups in total. The second kappa shape index (κ2) is 8.30. The van der Waals surface area contributed by atoms with Gasteiger partial charge in [-0.3, -0.25) is 0 Å². The molecule has 3 rings (SSSR count).